The molecule has 0 radical (unpaired) electrons. The minimum Gasteiger partial charge on any atom is -0.477 e. The van der Waals surface area contributed by atoms with E-state index in [4.69, 9.17) is 9.47 Å². The van der Waals surface area contributed by atoms with Crippen LogP contribution in [-0.4, -0.2) is 41.3 Å². The number of hydrogen-bond donors (Lipinski definition) is 0. The van der Waals surface area contributed by atoms with Gasteiger partial charge in [-0.3, -0.25) is 0 Å². The summed E-state index contributed by atoms with van der Waals surface area (Å²) in [7, 11) is 0. The van der Waals surface area contributed by atoms with Gasteiger partial charge in [0.2, 0.25) is 5.88 Å². The van der Waals surface area contributed by atoms with Gasteiger partial charge in [0.05, 0.1) is 6.61 Å². The first-order chi connectivity index (χ1) is 9.83. The van der Waals surface area contributed by atoms with Gasteiger partial charge in [0.25, 0.3) is 0 Å². The summed E-state index contributed by atoms with van der Waals surface area (Å²) in [6, 6.07) is 5.56. The average Bonchev–Trinajstić information content (AvgIpc) is 2.83. The molecule has 1 amide bonds. The Kier molecular flexibility index (Phi) is 5.08. The van der Waals surface area contributed by atoms with Crippen LogP contribution < -0.4 is 4.74 Å². The van der Waals surface area contributed by atoms with E-state index in [0.717, 1.165) is 17.6 Å². The van der Waals surface area contributed by atoms with Crippen LogP contribution in [0.5, 0.6) is 5.88 Å². The molecule has 1 aromatic heterocycles. The summed E-state index contributed by atoms with van der Waals surface area (Å²) in [5, 5.41) is 0. The quantitative estimate of drug-likeness (QED) is 0.778. The van der Waals surface area contributed by atoms with Gasteiger partial charge in [0, 0.05) is 25.1 Å². The van der Waals surface area contributed by atoms with Crippen molar-refractivity contribution < 1.29 is 14.3 Å². The molecule has 6 heteroatoms. The number of amides is 1. The van der Waals surface area contributed by atoms with Crippen LogP contribution in [0, 0.1) is 5.92 Å². The number of aromatic nitrogens is 1. The molecule has 0 N–H and O–H groups in total. The van der Waals surface area contributed by atoms with E-state index in [0.29, 0.717) is 24.9 Å². The Morgan fingerprint density at radius 1 is 1.48 bits per heavy atom. The molecule has 1 aromatic rings. The number of hydrogen-bond acceptors (Lipinski definition) is 4. The summed E-state index contributed by atoms with van der Waals surface area (Å²) in [6.45, 7) is 7.57. The summed E-state index contributed by atoms with van der Waals surface area (Å²) in [5.74, 6) is 0.915. The molecule has 0 bridgehead atoms. The predicted octanol–water partition coefficient (Wildman–Crippen LogP) is 3.48. The first kappa shape index (κ1) is 16.1. The van der Waals surface area contributed by atoms with Crippen molar-refractivity contribution in [2.45, 2.75) is 32.8 Å². The first-order valence-electron chi connectivity index (χ1n) is 7.07. The summed E-state index contributed by atoms with van der Waals surface area (Å²) in [6.07, 6.45) is 0.679. The highest BCUT2D eigenvalue weighted by molar-refractivity contribution is 9.10. The van der Waals surface area contributed by atoms with Gasteiger partial charge >= 0.3 is 6.09 Å². The molecule has 0 aromatic carbocycles. The number of likely N-dealkylation sites (tertiary alicyclic amines) is 1. The lowest BCUT2D eigenvalue weighted by Gasteiger charge is -2.24. The van der Waals surface area contributed by atoms with Crippen LogP contribution in [-0.2, 0) is 4.74 Å². The fraction of sp³-hybridized carbons (Fsp3) is 0.600. The second-order valence-corrected chi connectivity index (χ2v) is 7.00. The van der Waals surface area contributed by atoms with E-state index < -0.39 is 5.60 Å². The third-order valence-electron chi connectivity index (χ3n) is 3.09. The molecule has 2 rings (SSSR count). The van der Waals surface area contributed by atoms with Gasteiger partial charge < -0.3 is 14.4 Å². The number of halogens is 1. The fourth-order valence-electron chi connectivity index (χ4n) is 2.13. The van der Waals surface area contributed by atoms with Crippen molar-refractivity contribution in [2.75, 3.05) is 19.7 Å². The molecule has 1 aliphatic heterocycles. The lowest BCUT2D eigenvalue weighted by molar-refractivity contribution is 0.0284. The fourth-order valence-corrected chi connectivity index (χ4v) is 2.46. The zero-order chi connectivity index (χ0) is 15.5. The van der Waals surface area contributed by atoms with E-state index in [-0.39, 0.29) is 6.09 Å². The highest BCUT2D eigenvalue weighted by Gasteiger charge is 2.30. The number of rotatable bonds is 3. The summed E-state index contributed by atoms with van der Waals surface area (Å²) in [5.41, 5.74) is -0.452. The smallest absolute Gasteiger partial charge is 0.410 e. The van der Waals surface area contributed by atoms with Gasteiger partial charge in [0.15, 0.2) is 0 Å². The molecule has 1 saturated heterocycles. The number of ether oxygens (including phenoxy) is 2. The monoisotopic (exact) mass is 356 g/mol. The van der Waals surface area contributed by atoms with Crippen molar-refractivity contribution >= 4 is 22.0 Å². The molecule has 1 fully saturated rings. The van der Waals surface area contributed by atoms with Gasteiger partial charge in [0.1, 0.15) is 10.2 Å². The second-order valence-electron chi connectivity index (χ2n) is 6.19. The zero-order valence-electron chi connectivity index (χ0n) is 12.6. The van der Waals surface area contributed by atoms with Crippen molar-refractivity contribution in [1.29, 1.82) is 0 Å². The van der Waals surface area contributed by atoms with Crippen LogP contribution in [0.1, 0.15) is 27.2 Å². The van der Waals surface area contributed by atoms with Crippen LogP contribution in [0.4, 0.5) is 4.79 Å². The molecule has 1 atom stereocenters. The molecule has 0 saturated carbocycles. The Balaban J connectivity index is 1.79. The van der Waals surface area contributed by atoms with Crippen LogP contribution in [0.15, 0.2) is 22.8 Å². The number of carbonyl (C=O) groups is 1. The maximum atomic E-state index is 12.0. The highest BCUT2D eigenvalue weighted by atomic mass is 79.9. The standard InChI is InChI=1S/C15H21BrN2O3/c1-15(2,3)21-14(19)18-8-7-11(9-18)10-20-13-6-4-5-12(16)17-13/h4-6,11H,7-10H2,1-3H3/t11-/m0/s1. The molecular weight excluding hydrogens is 336 g/mol. The summed E-state index contributed by atoms with van der Waals surface area (Å²) < 4.78 is 11.8. The first-order valence-corrected chi connectivity index (χ1v) is 7.86. The zero-order valence-corrected chi connectivity index (χ0v) is 14.2. The highest BCUT2D eigenvalue weighted by Crippen LogP contribution is 2.21. The van der Waals surface area contributed by atoms with Crippen molar-refractivity contribution in [2.24, 2.45) is 5.92 Å². The average molecular weight is 357 g/mol. The third kappa shape index (κ3) is 5.19. The van der Waals surface area contributed by atoms with Gasteiger partial charge in [-0.25, -0.2) is 9.78 Å². The minimum absolute atomic E-state index is 0.245. The molecule has 0 unspecified atom stereocenters. The van der Waals surface area contributed by atoms with E-state index in [2.05, 4.69) is 20.9 Å². The van der Waals surface area contributed by atoms with E-state index in [1.54, 1.807) is 4.90 Å². The van der Waals surface area contributed by atoms with E-state index in [9.17, 15) is 4.79 Å². The maximum absolute atomic E-state index is 12.0. The van der Waals surface area contributed by atoms with E-state index in [1.165, 1.54) is 0 Å². The van der Waals surface area contributed by atoms with Crippen molar-refractivity contribution in [3.8, 4) is 5.88 Å². The van der Waals surface area contributed by atoms with Gasteiger partial charge in [-0.1, -0.05) is 6.07 Å². The van der Waals surface area contributed by atoms with Crippen LogP contribution in [0.2, 0.25) is 0 Å². The van der Waals surface area contributed by atoms with Crippen LogP contribution in [0.3, 0.4) is 0 Å². The molecular formula is C15H21BrN2O3. The Morgan fingerprint density at radius 3 is 2.90 bits per heavy atom. The lowest BCUT2D eigenvalue weighted by Crippen LogP contribution is -2.35. The SMILES string of the molecule is CC(C)(C)OC(=O)N1CC[C@H](COc2cccc(Br)n2)C1. The number of pyridine rings is 1. The largest absolute Gasteiger partial charge is 0.477 e. The van der Waals surface area contributed by atoms with E-state index in [1.807, 2.05) is 39.0 Å². The van der Waals surface area contributed by atoms with Crippen molar-refractivity contribution in [3.63, 3.8) is 0 Å². The van der Waals surface area contributed by atoms with Gasteiger partial charge in [-0.15, -0.1) is 0 Å². The molecule has 2 heterocycles. The third-order valence-corrected chi connectivity index (χ3v) is 3.54. The molecule has 0 spiro atoms. The van der Waals surface area contributed by atoms with Gasteiger partial charge in [-0.05, 0) is 49.2 Å². The Labute approximate surface area is 133 Å². The maximum Gasteiger partial charge on any atom is 0.410 e. The van der Waals surface area contributed by atoms with Gasteiger partial charge in [-0.2, -0.15) is 0 Å². The molecule has 0 aliphatic carbocycles. The predicted molar refractivity (Wildman–Crippen MR) is 83.3 cm³/mol. The molecule has 1 aliphatic rings. The second kappa shape index (κ2) is 6.64. The molecule has 21 heavy (non-hydrogen) atoms. The minimum atomic E-state index is -0.452. The van der Waals surface area contributed by atoms with Crippen LogP contribution >= 0.6 is 15.9 Å². The Bertz CT molecular complexity index is 502. The Hall–Kier alpha value is -1.30. The van der Waals surface area contributed by atoms with Crippen molar-refractivity contribution in [3.05, 3.63) is 22.8 Å². The summed E-state index contributed by atoms with van der Waals surface area (Å²) in [4.78, 5) is 17.9. The lowest BCUT2D eigenvalue weighted by atomic mass is 10.1. The Morgan fingerprint density at radius 2 is 2.24 bits per heavy atom. The molecule has 5 nitrogen and oxygen atoms in total. The van der Waals surface area contributed by atoms with E-state index >= 15 is 0 Å². The summed E-state index contributed by atoms with van der Waals surface area (Å²) >= 11 is 3.31. The van der Waals surface area contributed by atoms with Crippen LogP contribution in [0.25, 0.3) is 0 Å². The normalized spacial score (nSPS) is 18.7. The van der Waals surface area contributed by atoms with Crippen molar-refractivity contribution in [1.82, 2.24) is 9.88 Å². The number of carbonyl (C=O) groups excluding carboxylic acids is 1. The molecule has 116 valence electrons. The topological polar surface area (TPSA) is 51.7 Å². The number of nitrogens with zero attached hydrogens (tertiary/aromatic N) is 2.